The Bertz CT molecular complexity index is 129. The van der Waals surface area contributed by atoms with E-state index in [4.69, 9.17) is 38.5 Å². The van der Waals surface area contributed by atoms with Crippen LogP contribution >= 0.6 is 27.2 Å². The largest absolute Gasteiger partial charge is 0.466 e. The normalized spacial score (nSPS) is 10.3. The molecule has 0 amide bonds. The van der Waals surface area contributed by atoms with Gasteiger partial charge in [0, 0.05) is 6.38 Å². The summed E-state index contributed by atoms with van der Waals surface area (Å²) >= 11 is 4.64. The quantitative estimate of drug-likeness (QED) is 0.235. The standard InChI is InChI=1S/CH3Cl.2H3O4P/c1-2;2*1-5(2,3)4/h1H3;2*(H3,1,2,3,4). The highest BCUT2D eigenvalue weighted by Gasteiger charge is 2.00. The van der Waals surface area contributed by atoms with Crippen LogP contribution in [0, 0.1) is 0 Å². The van der Waals surface area contributed by atoms with Gasteiger partial charge in [-0.1, -0.05) is 0 Å². The zero-order valence-electron chi connectivity index (χ0n) is 5.77. The number of hydrogen-bond donors (Lipinski definition) is 6. The Morgan fingerprint density at radius 1 is 0.750 bits per heavy atom. The van der Waals surface area contributed by atoms with Crippen molar-refractivity contribution in [2.24, 2.45) is 0 Å². The highest BCUT2D eigenvalue weighted by Crippen LogP contribution is 2.26. The second kappa shape index (κ2) is 8.12. The lowest BCUT2D eigenvalue weighted by Crippen LogP contribution is -1.66. The van der Waals surface area contributed by atoms with Crippen molar-refractivity contribution in [2.75, 3.05) is 6.38 Å². The lowest BCUT2D eigenvalue weighted by Gasteiger charge is -1.82. The van der Waals surface area contributed by atoms with Crippen LogP contribution in [0.3, 0.4) is 0 Å². The second-order valence-corrected chi connectivity index (χ2v) is 3.08. The van der Waals surface area contributed by atoms with Crippen molar-refractivity contribution in [2.45, 2.75) is 0 Å². The van der Waals surface area contributed by atoms with Crippen molar-refractivity contribution < 1.29 is 38.5 Å². The van der Waals surface area contributed by atoms with Crippen LogP contribution in [0.4, 0.5) is 0 Å². The van der Waals surface area contributed by atoms with Gasteiger partial charge in [0.2, 0.25) is 0 Å². The van der Waals surface area contributed by atoms with Gasteiger partial charge in [0.1, 0.15) is 0 Å². The zero-order valence-corrected chi connectivity index (χ0v) is 8.32. The molecule has 12 heavy (non-hydrogen) atoms. The minimum atomic E-state index is -4.64. The molecule has 0 rings (SSSR count). The highest BCUT2D eigenvalue weighted by atomic mass is 35.5. The van der Waals surface area contributed by atoms with Gasteiger partial charge < -0.3 is 29.4 Å². The van der Waals surface area contributed by atoms with E-state index < -0.39 is 15.6 Å². The Morgan fingerprint density at radius 2 is 0.750 bits per heavy atom. The van der Waals surface area contributed by atoms with E-state index in [1.807, 2.05) is 0 Å². The fraction of sp³-hybridized carbons (Fsp3) is 1.00. The second-order valence-electron chi connectivity index (χ2n) is 1.03. The smallest absolute Gasteiger partial charge is 0.303 e. The Labute approximate surface area is 72.9 Å². The van der Waals surface area contributed by atoms with Crippen LogP contribution in [0.1, 0.15) is 0 Å². The lowest BCUT2D eigenvalue weighted by atomic mass is 12.0. The zero-order chi connectivity index (χ0) is 11.0. The number of halogens is 1. The molecule has 0 aliphatic carbocycles. The molecule has 0 aliphatic rings. The molecule has 0 saturated heterocycles. The van der Waals surface area contributed by atoms with Crippen molar-refractivity contribution in [3.8, 4) is 0 Å². The van der Waals surface area contributed by atoms with Crippen molar-refractivity contribution >= 4 is 27.2 Å². The van der Waals surface area contributed by atoms with Crippen molar-refractivity contribution in [3.63, 3.8) is 0 Å². The van der Waals surface area contributed by atoms with Gasteiger partial charge in [-0.3, -0.25) is 0 Å². The summed E-state index contributed by atoms with van der Waals surface area (Å²) in [5, 5.41) is 0. The van der Waals surface area contributed by atoms with Crippen LogP contribution < -0.4 is 0 Å². The third kappa shape index (κ3) is 3650. The topological polar surface area (TPSA) is 156 Å². The highest BCUT2D eigenvalue weighted by molar-refractivity contribution is 7.45. The van der Waals surface area contributed by atoms with Gasteiger partial charge in [-0.15, -0.1) is 11.6 Å². The number of alkyl halides is 1. The van der Waals surface area contributed by atoms with E-state index in [1.165, 1.54) is 6.38 Å². The van der Waals surface area contributed by atoms with Crippen LogP contribution in [-0.2, 0) is 9.13 Å². The van der Waals surface area contributed by atoms with Crippen LogP contribution in [0.15, 0.2) is 0 Å². The van der Waals surface area contributed by atoms with Gasteiger partial charge in [0.05, 0.1) is 0 Å². The molecule has 0 aromatic carbocycles. The summed E-state index contributed by atoms with van der Waals surface area (Å²) in [5.41, 5.74) is 0. The molecule has 0 aliphatic heterocycles. The molecule has 0 aromatic rings. The molecule has 0 radical (unpaired) electrons. The fourth-order valence-electron chi connectivity index (χ4n) is 0. The number of phosphoric acid groups is 2. The van der Waals surface area contributed by atoms with Crippen LogP contribution in [0.2, 0.25) is 0 Å². The van der Waals surface area contributed by atoms with Crippen molar-refractivity contribution in [1.29, 1.82) is 0 Å². The molecule has 11 heteroatoms. The Kier molecular flexibility index (Phi) is 12.4. The average molecular weight is 246 g/mol. The number of hydrogen-bond acceptors (Lipinski definition) is 2. The molecule has 8 nitrogen and oxygen atoms in total. The minimum Gasteiger partial charge on any atom is -0.303 e. The minimum absolute atomic E-state index is 1.47. The molecule has 6 N–H and O–H groups in total. The number of rotatable bonds is 0. The molecular formula is CH9ClO8P2. The monoisotopic (exact) mass is 246 g/mol. The molecule has 0 aromatic heterocycles. The predicted molar refractivity (Wildman–Crippen MR) is 40.3 cm³/mol. The molecule has 0 bridgehead atoms. The average Bonchev–Trinajstić information content (AvgIpc) is 1.59. The molecular weight excluding hydrogens is 237 g/mol. The van der Waals surface area contributed by atoms with E-state index in [2.05, 4.69) is 11.6 Å². The maximum absolute atomic E-state index is 8.88. The maximum atomic E-state index is 8.88. The summed E-state index contributed by atoms with van der Waals surface area (Å²) in [5.74, 6) is 0. The molecule has 0 heterocycles. The van der Waals surface area contributed by atoms with E-state index in [0.717, 1.165) is 0 Å². The summed E-state index contributed by atoms with van der Waals surface area (Å²) < 4.78 is 17.8. The van der Waals surface area contributed by atoms with Crippen LogP contribution in [-0.4, -0.2) is 35.7 Å². The lowest BCUT2D eigenvalue weighted by molar-refractivity contribution is 0.272. The fourth-order valence-corrected chi connectivity index (χ4v) is 0. The Hall–Kier alpha value is 0.510. The first-order chi connectivity index (χ1) is 5.00. The Balaban J connectivity index is -0.000000112. The maximum Gasteiger partial charge on any atom is 0.466 e. The van der Waals surface area contributed by atoms with E-state index >= 15 is 0 Å². The van der Waals surface area contributed by atoms with Gasteiger partial charge in [0.25, 0.3) is 0 Å². The van der Waals surface area contributed by atoms with Crippen LogP contribution in [0.25, 0.3) is 0 Å². The van der Waals surface area contributed by atoms with Gasteiger partial charge in [-0.25, -0.2) is 9.13 Å². The van der Waals surface area contributed by atoms with E-state index in [9.17, 15) is 0 Å². The SMILES string of the molecule is CCl.O=P(O)(O)O.O=P(O)(O)O. The first kappa shape index (κ1) is 18.3. The predicted octanol–water partition coefficient (Wildman–Crippen LogP) is -1.00. The van der Waals surface area contributed by atoms with Crippen molar-refractivity contribution in [3.05, 3.63) is 0 Å². The third-order valence-corrected chi connectivity index (χ3v) is 0. The molecule has 78 valence electrons. The molecule has 0 saturated carbocycles. The first-order valence-electron chi connectivity index (χ1n) is 1.94. The van der Waals surface area contributed by atoms with E-state index in [-0.39, 0.29) is 0 Å². The third-order valence-electron chi connectivity index (χ3n) is 0. The van der Waals surface area contributed by atoms with Crippen molar-refractivity contribution in [1.82, 2.24) is 0 Å². The van der Waals surface area contributed by atoms with Gasteiger partial charge in [-0.2, -0.15) is 0 Å². The summed E-state index contributed by atoms with van der Waals surface area (Å²) in [7, 11) is -9.28. The molecule has 0 atom stereocenters. The summed E-state index contributed by atoms with van der Waals surface area (Å²) in [4.78, 5) is 43.1. The van der Waals surface area contributed by atoms with E-state index in [1.54, 1.807) is 0 Å². The van der Waals surface area contributed by atoms with Crippen LogP contribution in [0.5, 0.6) is 0 Å². The molecule has 0 unspecified atom stereocenters. The van der Waals surface area contributed by atoms with Gasteiger partial charge in [-0.05, 0) is 0 Å². The van der Waals surface area contributed by atoms with Gasteiger partial charge in [0.15, 0.2) is 0 Å². The first-order valence-corrected chi connectivity index (χ1v) is 5.83. The molecule has 0 spiro atoms. The summed E-state index contributed by atoms with van der Waals surface area (Å²) in [6, 6.07) is 0. The molecule has 0 fully saturated rings. The van der Waals surface area contributed by atoms with E-state index in [0.29, 0.717) is 0 Å². The summed E-state index contributed by atoms with van der Waals surface area (Å²) in [6.07, 6.45) is 1.47. The van der Waals surface area contributed by atoms with Gasteiger partial charge >= 0.3 is 15.6 Å². The Morgan fingerprint density at radius 3 is 0.750 bits per heavy atom. The summed E-state index contributed by atoms with van der Waals surface area (Å²) in [6.45, 7) is 0.